The van der Waals surface area contributed by atoms with E-state index in [-0.39, 0.29) is 12.5 Å². The summed E-state index contributed by atoms with van der Waals surface area (Å²) in [5.74, 6) is -0.131. The molecule has 0 bridgehead atoms. The maximum absolute atomic E-state index is 12.2. The maximum Gasteiger partial charge on any atom is 0.220 e. The Labute approximate surface area is 257 Å². The van der Waals surface area contributed by atoms with Crippen LogP contribution in [0.1, 0.15) is 104 Å². The van der Waals surface area contributed by atoms with Crippen LogP contribution in [-0.2, 0) is 4.79 Å². The van der Waals surface area contributed by atoms with Crippen molar-refractivity contribution in [3.63, 3.8) is 0 Å². The lowest BCUT2D eigenvalue weighted by Gasteiger charge is -2.19. The van der Waals surface area contributed by atoms with Crippen LogP contribution in [0.5, 0.6) is 0 Å². The van der Waals surface area contributed by atoms with Gasteiger partial charge in [0.2, 0.25) is 5.91 Å². The summed E-state index contributed by atoms with van der Waals surface area (Å²) in [5.41, 5.74) is 0. The number of amides is 1. The molecule has 0 fully saturated rings. The molecule has 0 aromatic rings. The van der Waals surface area contributed by atoms with Crippen molar-refractivity contribution in [3.05, 3.63) is 109 Å². The van der Waals surface area contributed by atoms with Crippen molar-refractivity contribution < 1.29 is 15.0 Å². The molecule has 234 valence electrons. The molecule has 1 amide bonds. The SMILES string of the molecule is C/C=C/CC/C=C/CC/C=C/C(O)C(CO)NC(=O)CCCC/C=C\C/C=C\C/C=C\C/C=C\C/C=C\C/C=C\CC. The van der Waals surface area contributed by atoms with Crippen molar-refractivity contribution in [1.29, 1.82) is 0 Å². The summed E-state index contributed by atoms with van der Waals surface area (Å²) in [5, 5.41) is 22.6. The number of carbonyl (C=O) groups is 1. The van der Waals surface area contributed by atoms with Crippen LogP contribution in [0.25, 0.3) is 0 Å². The highest BCUT2D eigenvalue weighted by Crippen LogP contribution is 2.05. The molecule has 0 radical (unpaired) electrons. The summed E-state index contributed by atoms with van der Waals surface area (Å²) >= 11 is 0. The van der Waals surface area contributed by atoms with E-state index >= 15 is 0 Å². The van der Waals surface area contributed by atoms with Crippen molar-refractivity contribution in [2.45, 2.75) is 116 Å². The second-order valence-electron chi connectivity index (χ2n) is 10.1. The minimum absolute atomic E-state index is 0.131. The molecule has 0 aliphatic heterocycles. The van der Waals surface area contributed by atoms with E-state index < -0.39 is 12.1 Å². The summed E-state index contributed by atoms with van der Waals surface area (Å²) < 4.78 is 0. The van der Waals surface area contributed by atoms with Crippen LogP contribution in [0, 0.1) is 0 Å². The first-order chi connectivity index (χ1) is 20.7. The molecule has 0 aromatic heterocycles. The lowest BCUT2D eigenvalue weighted by atomic mass is 10.1. The van der Waals surface area contributed by atoms with Crippen LogP contribution in [-0.4, -0.2) is 34.9 Å². The number of nitrogens with one attached hydrogen (secondary N) is 1. The molecule has 2 unspecified atom stereocenters. The van der Waals surface area contributed by atoms with E-state index in [2.05, 4.69) is 109 Å². The van der Waals surface area contributed by atoms with E-state index in [0.717, 1.165) is 83.5 Å². The predicted octanol–water partition coefficient (Wildman–Crippen LogP) is 9.33. The molecule has 4 heteroatoms. The topological polar surface area (TPSA) is 69.6 Å². The van der Waals surface area contributed by atoms with Gasteiger partial charge in [0.1, 0.15) is 0 Å². The van der Waals surface area contributed by atoms with E-state index in [0.29, 0.717) is 6.42 Å². The number of unbranched alkanes of at least 4 members (excludes halogenated alkanes) is 4. The minimum Gasteiger partial charge on any atom is -0.394 e. The quantitative estimate of drug-likeness (QED) is 0.0708. The van der Waals surface area contributed by atoms with Crippen molar-refractivity contribution in [2.24, 2.45) is 0 Å². The first-order valence-electron chi connectivity index (χ1n) is 16.1. The zero-order valence-corrected chi connectivity index (χ0v) is 26.5. The van der Waals surface area contributed by atoms with Gasteiger partial charge in [-0.25, -0.2) is 0 Å². The fraction of sp³-hybridized carbons (Fsp3) is 0.500. The Morgan fingerprint density at radius 2 is 1.07 bits per heavy atom. The number of carbonyl (C=O) groups excluding carboxylic acids is 1. The maximum atomic E-state index is 12.2. The highest BCUT2D eigenvalue weighted by Gasteiger charge is 2.17. The second-order valence-corrected chi connectivity index (χ2v) is 10.1. The standard InChI is InChI=1S/C38H59NO3/c1-3-5-7-9-11-13-14-15-16-17-18-19-20-21-22-23-24-26-28-30-32-34-38(42)39-36(35-40)37(41)33-31-29-27-25-12-10-8-6-4-2/h4-7,11-13,15-16,18-19,21-22,24-26,31,33,36-37,40-41H,3,8-10,14,17,20,23,27-30,32,34-35H2,1-2H3,(H,39,42)/b6-4+,7-5-,13-11-,16-15-,19-18-,22-21-,25-12+,26-24-,33-31+. The van der Waals surface area contributed by atoms with Gasteiger partial charge in [-0.1, -0.05) is 116 Å². The van der Waals surface area contributed by atoms with Gasteiger partial charge in [0.25, 0.3) is 0 Å². The summed E-state index contributed by atoms with van der Waals surface area (Å²) in [6.07, 6.45) is 50.4. The first-order valence-corrected chi connectivity index (χ1v) is 16.1. The Bertz CT molecular complexity index is 886. The predicted molar refractivity (Wildman–Crippen MR) is 183 cm³/mol. The largest absolute Gasteiger partial charge is 0.394 e. The monoisotopic (exact) mass is 577 g/mol. The average molecular weight is 578 g/mol. The van der Waals surface area contributed by atoms with Crippen molar-refractivity contribution in [2.75, 3.05) is 6.61 Å². The third kappa shape index (κ3) is 28.6. The molecule has 0 aliphatic rings. The summed E-state index contributed by atoms with van der Waals surface area (Å²) in [7, 11) is 0. The number of hydrogen-bond donors (Lipinski definition) is 3. The minimum atomic E-state index is -0.892. The van der Waals surface area contributed by atoms with Crippen LogP contribution < -0.4 is 5.32 Å². The van der Waals surface area contributed by atoms with Crippen LogP contribution in [0.2, 0.25) is 0 Å². The normalized spacial score (nSPS) is 14.7. The van der Waals surface area contributed by atoms with Gasteiger partial charge in [-0.3, -0.25) is 4.79 Å². The summed E-state index contributed by atoms with van der Waals surface area (Å²) in [6, 6.07) is -0.673. The third-order valence-corrected chi connectivity index (χ3v) is 6.31. The molecule has 4 nitrogen and oxygen atoms in total. The highest BCUT2D eigenvalue weighted by atomic mass is 16.3. The lowest BCUT2D eigenvalue weighted by molar-refractivity contribution is -0.123. The van der Waals surface area contributed by atoms with Crippen LogP contribution in [0.3, 0.4) is 0 Å². The smallest absolute Gasteiger partial charge is 0.220 e. The molecule has 42 heavy (non-hydrogen) atoms. The van der Waals surface area contributed by atoms with Crippen molar-refractivity contribution in [3.8, 4) is 0 Å². The Kier molecular flexibility index (Phi) is 30.3. The number of aliphatic hydroxyl groups is 2. The van der Waals surface area contributed by atoms with E-state index in [4.69, 9.17) is 0 Å². The molecule has 0 spiro atoms. The van der Waals surface area contributed by atoms with Gasteiger partial charge in [-0.05, 0) is 90.4 Å². The van der Waals surface area contributed by atoms with Gasteiger partial charge in [0, 0.05) is 6.42 Å². The van der Waals surface area contributed by atoms with E-state index in [1.807, 2.05) is 13.0 Å². The fourth-order valence-electron chi connectivity index (χ4n) is 3.86. The van der Waals surface area contributed by atoms with E-state index in [1.165, 1.54) is 0 Å². The molecule has 0 saturated heterocycles. The van der Waals surface area contributed by atoms with Gasteiger partial charge in [0.15, 0.2) is 0 Å². The molecule has 0 rings (SSSR count). The van der Waals surface area contributed by atoms with Crippen LogP contribution >= 0.6 is 0 Å². The molecule has 0 saturated carbocycles. The Morgan fingerprint density at radius 1 is 0.619 bits per heavy atom. The van der Waals surface area contributed by atoms with Gasteiger partial charge >= 0.3 is 0 Å². The molecule has 0 aromatic carbocycles. The van der Waals surface area contributed by atoms with Gasteiger partial charge in [0.05, 0.1) is 18.8 Å². The third-order valence-electron chi connectivity index (χ3n) is 6.31. The average Bonchev–Trinajstić information content (AvgIpc) is 2.99. The van der Waals surface area contributed by atoms with Gasteiger partial charge in [-0.15, -0.1) is 0 Å². The Morgan fingerprint density at radius 3 is 1.57 bits per heavy atom. The second kappa shape index (κ2) is 32.6. The molecular formula is C38H59NO3. The highest BCUT2D eigenvalue weighted by molar-refractivity contribution is 5.76. The number of aliphatic hydroxyl groups excluding tert-OH is 2. The lowest BCUT2D eigenvalue weighted by Crippen LogP contribution is -2.45. The fourth-order valence-corrected chi connectivity index (χ4v) is 3.86. The van der Waals surface area contributed by atoms with E-state index in [9.17, 15) is 15.0 Å². The van der Waals surface area contributed by atoms with Gasteiger partial charge < -0.3 is 15.5 Å². The van der Waals surface area contributed by atoms with Crippen LogP contribution in [0.4, 0.5) is 0 Å². The molecular weight excluding hydrogens is 518 g/mol. The molecule has 2 atom stereocenters. The molecule has 0 heterocycles. The zero-order valence-electron chi connectivity index (χ0n) is 26.5. The first kappa shape index (κ1) is 39.1. The summed E-state index contributed by atoms with van der Waals surface area (Å²) in [6.45, 7) is 3.89. The van der Waals surface area contributed by atoms with Crippen molar-refractivity contribution in [1.82, 2.24) is 5.32 Å². The number of hydrogen-bond acceptors (Lipinski definition) is 3. The summed E-state index contributed by atoms with van der Waals surface area (Å²) in [4.78, 5) is 12.2. The molecule has 3 N–H and O–H groups in total. The number of allylic oxidation sites excluding steroid dienone is 17. The van der Waals surface area contributed by atoms with Gasteiger partial charge in [-0.2, -0.15) is 0 Å². The zero-order chi connectivity index (χ0) is 30.8. The number of rotatable bonds is 26. The van der Waals surface area contributed by atoms with Crippen molar-refractivity contribution >= 4 is 5.91 Å². The Balaban J connectivity index is 3.85. The molecule has 0 aliphatic carbocycles. The van der Waals surface area contributed by atoms with Crippen LogP contribution in [0.15, 0.2) is 109 Å². The Hall–Kier alpha value is -2.95. The van der Waals surface area contributed by atoms with E-state index in [1.54, 1.807) is 6.08 Å².